The highest BCUT2D eigenvalue weighted by Crippen LogP contribution is 2.34. The van der Waals surface area contributed by atoms with Crippen LogP contribution in [0.2, 0.25) is 0 Å². The van der Waals surface area contributed by atoms with Gasteiger partial charge in [0.1, 0.15) is 0 Å². The molecule has 2 rings (SSSR count). The zero-order valence-electron chi connectivity index (χ0n) is 11.3. The SMILES string of the molecule is CCOCCCN1CCNCC12CCCCC2. The first-order valence-corrected chi connectivity index (χ1v) is 7.41. The second-order valence-corrected chi connectivity index (χ2v) is 5.50. The van der Waals surface area contributed by atoms with Gasteiger partial charge in [-0.1, -0.05) is 19.3 Å². The van der Waals surface area contributed by atoms with Gasteiger partial charge in [0, 0.05) is 44.9 Å². The lowest BCUT2D eigenvalue weighted by Crippen LogP contribution is -2.62. The molecule has 0 radical (unpaired) electrons. The molecule has 2 fully saturated rings. The molecule has 0 aromatic carbocycles. The minimum Gasteiger partial charge on any atom is -0.382 e. The maximum absolute atomic E-state index is 5.46. The van der Waals surface area contributed by atoms with E-state index < -0.39 is 0 Å². The Kier molecular flexibility index (Phi) is 5.26. The van der Waals surface area contributed by atoms with Gasteiger partial charge in [-0.05, 0) is 26.2 Å². The maximum atomic E-state index is 5.46. The Morgan fingerprint density at radius 3 is 2.82 bits per heavy atom. The summed E-state index contributed by atoms with van der Waals surface area (Å²) in [5.74, 6) is 0. The molecule has 17 heavy (non-hydrogen) atoms. The van der Waals surface area contributed by atoms with Crippen molar-refractivity contribution < 1.29 is 4.74 Å². The summed E-state index contributed by atoms with van der Waals surface area (Å²) >= 11 is 0. The van der Waals surface area contributed by atoms with Gasteiger partial charge in [0.15, 0.2) is 0 Å². The monoisotopic (exact) mass is 240 g/mol. The predicted octanol–water partition coefficient (Wildman–Crippen LogP) is 2.02. The highest BCUT2D eigenvalue weighted by molar-refractivity contribution is 4.97. The van der Waals surface area contributed by atoms with Gasteiger partial charge in [0.2, 0.25) is 0 Å². The number of piperazine rings is 1. The van der Waals surface area contributed by atoms with Gasteiger partial charge in [0.05, 0.1) is 0 Å². The van der Waals surface area contributed by atoms with Crippen LogP contribution in [0.3, 0.4) is 0 Å². The summed E-state index contributed by atoms with van der Waals surface area (Å²) < 4.78 is 5.46. The quantitative estimate of drug-likeness (QED) is 0.744. The topological polar surface area (TPSA) is 24.5 Å². The number of hydrogen-bond acceptors (Lipinski definition) is 3. The van der Waals surface area contributed by atoms with E-state index in [-0.39, 0.29) is 0 Å². The molecule has 1 spiro atoms. The van der Waals surface area contributed by atoms with Crippen molar-refractivity contribution in [2.75, 3.05) is 39.4 Å². The van der Waals surface area contributed by atoms with Crippen LogP contribution >= 0.6 is 0 Å². The third kappa shape index (κ3) is 3.43. The van der Waals surface area contributed by atoms with Gasteiger partial charge in [-0.25, -0.2) is 0 Å². The van der Waals surface area contributed by atoms with Crippen LogP contribution in [0, 0.1) is 0 Å². The smallest absolute Gasteiger partial charge is 0.0478 e. The predicted molar refractivity (Wildman–Crippen MR) is 71.4 cm³/mol. The van der Waals surface area contributed by atoms with Crippen LogP contribution in [0.4, 0.5) is 0 Å². The summed E-state index contributed by atoms with van der Waals surface area (Å²) in [7, 11) is 0. The Morgan fingerprint density at radius 1 is 1.24 bits per heavy atom. The standard InChI is InChI=1S/C14H28N2O/c1-2-17-12-6-10-16-11-9-15-13-14(16)7-4-3-5-8-14/h15H,2-13H2,1H3. The van der Waals surface area contributed by atoms with E-state index in [0.717, 1.165) is 19.8 Å². The third-order valence-electron chi connectivity index (χ3n) is 4.39. The lowest BCUT2D eigenvalue weighted by molar-refractivity contribution is 0.0194. The van der Waals surface area contributed by atoms with Crippen LogP contribution in [0.5, 0.6) is 0 Å². The highest BCUT2D eigenvalue weighted by atomic mass is 16.5. The van der Waals surface area contributed by atoms with E-state index in [1.165, 1.54) is 58.2 Å². The van der Waals surface area contributed by atoms with Crippen molar-refractivity contribution in [1.82, 2.24) is 10.2 Å². The number of nitrogens with zero attached hydrogens (tertiary/aromatic N) is 1. The highest BCUT2D eigenvalue weighted by Gasteiger charge is 2.38. The molecule has 0 unspecified atom stereocenters. The number of ether oxygens (including phenoxy) is 1. The second-order valence-electron chi connectivity index (χ2n) is 5.50. The number of nitrogens with one attached hydrogen (secondary N) is 1. The normalized spacial score (nSPS) is 25.2. The van der Waals surface area contributed by atoms with Crippen LogP contribution in [-0.4, -0.2) is 49.8 Å². The van der Waals surface area contributed by atoms with Crippen molar-refractivity contribution >= 4 is 0 Å². The molecule has 1 saturated heterocycles. The summed E-state index contributed by atoms with van der Waals surface area (Å²) in [6.07, 6.45) is 8.26. The molecule has 0 aromatic heterocycles. The Labute approximate surface area is 106 Å². The lowest BCUT2D eigenvalue weighted by atomic mass is 9.79. The van der Waals surface area contributed by atoms with Crippen LogP contribution in [-0.2, 0) is 4.74 Å². The van der Waals surface area contributed by atoms with E-state index in [1.54, 1.807) is 0 Å². The zero-order valence-corrected chi connectivity index (χ0v) is 11.3. The largest absolute Gasteiger partial charge is 0.382 e. The fourth-order valence-electron chi connectivity index (χ4n) is 3.44. The van der Waals surface area contributed by atoms with Crippen LogP contribution in [0.15, 0.2) is 0 Å². The van der Waals surface area contributed by atoms with Crippen molar-refractivity contribution in [2.24, 2.45) is 0 Å². The number of hydrogen-bond donors (Lipinski definition) is 1. The van der Waals surface area contributed by atoms with E-state index in [2.05, 4.69) is 17.1 Å². The molecule has 1 heterocycles. The minimum absolute atomic E-state index is 0.489. The first kappa shape index (κ1) is 13.3. The summed E-state index contributed by atoms with van der Waals surface area (Å²) in [6, 6.07) is 0. The molecule has 3 heteroatoms. The molecule has 100 valence electrons. The van der Waals surface area contributed by atoms with E-state index in [9.17, 15) is 0 Å². The van der Waals surface area contributed by atoms with Gasteiger partial charge < -0.3 is 10.1 Å². The van der Waals surface area contributed by atoms with Crippen molar-refractivity contribution in [3.8, 4) is 0 Å². The van der Waals surface area contributed by atoms with Gasteiger partial charge in [-0.15, -0.1) is 0 Å². The Morgan fingerprint density at radius 2 is 2.06 bits per heavy atom. The molecular weight excluding hydrogens is 212 g/mol. The maximum Gasteiger partial charge on any atom is 0.0478 e. The van der Waals surface area contributed by atoms with Crippen molar-refractivity contribution in [2.45, 2.75) is 51.0 Å². The van der Waals surface area contributed by atoms with Crippen LogP contribution < -0.4 is 5.32 Å². The average molecular weight is 240 g/mol. The summed E-state index contributed by atoms with van der Waals surface area (Å²) in [5, 5.41) is 3.60. The molecule has 1 saturated carbocycles. The molecule has 1 aliphatic carbocycles. The van der Waals surface area contributed by atoms with Gasteiger partial charge >= 0.3 is 0 Å². The van der Waals surface area contributed by atoms with E-state index >= 15 is 0 Å². The van der Waals surface area contributed by atoms with Crippen LogP contribution in [0.25, 0.3) is 0 Å². The molecule has 0 aromatic rings. The van der Waals surface area contributed by atoms with Crippen molar-refractivity contribution in [3.63, 3.8) is 0 Å². The number of rotatable bonds is 5. The molecular formula is C14H28N2O. The molecule has 0 amide bonds. The van der Waals surface area contributed by atoms with Gasteiger partial charge in [-0.2, -0.15) is 0 Å². The fourth-order valence-corrected chi connectivity index (χ4v) is 3.44. The van der Waals surface area contributed by atoms with E-state index in [4.69, 9.17) is 4.74 Å². The van der Waals surface area contributed by atoms with Gasteiger partial charge in [-0.3, -0.25) is 4.90 Å². The first-order chi connectivity index (χ1) is 8.37. The minimum atomic E-state index is 0.489. The molecule has 3 nitrogen and oxygen atoms in total. The third-order valence-corrected chi connectivity index (χ3v) is 4.39. The van der Waals surface area contributed by atoms with Gasteiger partial charge in [0.25, 0.3) is 0 Å². The second kappa shape index (κ2) is 6.72. The zero-order chi connectivity index (χ0) is 12.0. The fraction of sp³-hybridized carbons (Fsp3) is 1.00. The first-order valence-electron chi connectivity index (χ1n) is 7.41. The molecule has 0 bridgehead atoms. The average Bonchev–Trinajstić information content (AvgIpc) is 2.38. The summed E-state index contributed by atoms with van der Waals surface area (Å²) in [6.45, 7) is 8.68. The molecule has 0 atom stereocenters. The molecule has 1 aliphatic heterocycles. The summed E-state index contributed by atoms with van der Waals surface area (Å²) in [4.78, 5) is 2.75. The molecule has 2 aliphatic rings. The van der Waals surface area contributed by atoms with Crippen LogP contribution in [0.1, 0.15) is 45.4 Å². The van der Waals surface area contributed by atoms with E-state index in [1.807, 2.05) is 0 Å². The summed E-state index contributed by atoms with van der Waals surface area (Å²) in [5.41, 5.74) is 0.489. The lowest BCUT2D eigenvalue weighted by Gasteiger charge is -2.50. The van der Waals surface area contributed by atoms with E-state index in [0.29, 0.717) is 5.54 Å². The Bertz CT molecular complexity index is 206. The Hall–Kier alpha value is -0.120. The molecule has 1 N–H and O–H groups in total. The Balaban J connectivity index is 1.83. The van der Waals surface area contributed by atoms with Crippen molar-refractivity contribution in [1.29, 1.82) is 0 Å². The van der Waals surface area contributed by atoms with Crippen molar-refractivity contribution in [3.05, 3.63) is 0 Å².